The van der Waals surface area contributed by atoms with Crippen molar-refractivity contribution >= 4 is 17.8 Å². The molecule has 114 valence electrons. The van der Waals surface area contributed by atoms with E-state index in [4.69, 9.17) is 4.74 Å². The highest BCUT2D eigenvalue weighted by Crippen LogP contribution is 2.16. The highest BCUT2D eigenvalue weighted by Gasteiger charge is 2.42. The Labute approximate surface area is 122 Å². The van der Waals surface area contributed by atoms with Crippen LogP contribution in [0.4, 0.5) is 4.79 Å². The van der Waals surface area contributed by atoms with Gasteiger partial charge in [-0.2, -0.15) is 0 Å². The van der Waals surface area contributed by atoms with Crippen LogP contribution < -0.4 is 10.7 Å². The zero-order valence-electron chi connectivity index (χ0n) is 11.6. The van der Waals surface area contributed by atoms with Crippen molar-refractivity contribution in [1.82, 2.24) is 20.7 Å². The molecule has 0 aromatic carbocycles. The number of morpholine rings is 1. The molecule has 0 aliphatic carbocycles. The van der Waals surface area contributed by atoms with Crippen LogP contribution in [0.5, 0.6) is 0 Å². The number of hydrazine groups is 1. The summed E-state index contributed by atoms with van der Waals surface area (Å²) in [5, 5.41) is 3.97. The van der Waals surface area contributed by atoms with Crippen LogP contribution in [0.1, 0.15) is 0 Å². The fourth-order valence-corrected chi connectivity index (χ4v) is 2.17. The molecule has 0 spiro atoms. The summed E-state index contributed by atoms with van der Waals surface area (Å²) in [6.45, 7) is 9.65. The van der Waals surface area contributed by atoms with Gasteiger partial charge in [0.25, 0.3) is 0 Å². The van der Waals surface area contributed by atoms with Gasteiger partial charge in [0.05, 0.1) is 13.2 Å². The molecule has 0 aromatic rings. The van der Waals surface area contributed by atoms with Gasteiger partial charge < -0.3 is 10.2 Å². The van der Waals surface area contributed by atoms with Crippen LogP contribution in [0.25, 0.3) is 0 Å². The molecule has 8 heteroatoms. The number of hydrogen-bond donors (Lipinski definition) is 2. The first-order chi connectivity index (χ1) is 10.0. The Morgan fingerprint density at radius 3 is 2.67 bits per heavy atom. The van der Waals surface area contributed by atoms with Gasteiger partial charge in [-0.05, 0) is 0 Å². The third-order valence-corrected chi connectivity index (χ3v) is 3.22. The topological polar surface area (TPSA) is 91.0 Å². The molecule has 0 radical (unpaired) electrons. The quantitative estimate of drug-likeness (QED) is 0.510. The average Bonchev–Trinajstić information content (AvgIpc) is 2.44. The van der Waals surface area contributed by atoms with E-state index in [1.807, 2.05) is 5.01 Å². The number of barbiturate groups is 1. The van der Waals surface area contributed by atoms with Gasteiger partial charge in [-0.25, -0.2) is 9.80 Å². The number of carbonyl (C=O) groups excluding carboxylic acids is 3. The van der Waals surface area contributed by atoms with Crippen LogP contribution >= 0.6 is 0 Å². The highest BCUT2D eigenvalue weighted by atomic mass is 16.5. The monoisotopic (exact) mass is 294 g/mol. The van der Waals surface area contributed by atoms with E-state index in [9.17, 15) is 14.4 Å². The van der Waals surface area contributed by atoms with Gasteiger partial charge in [0.15, 0.2) is 5.92 Å². The summed E-state index contributed by atoms with van der Waals surface area (Å²) in [7, 11) is 0. The molecule has 0 bridgehead atoms. The predicted molar refractivity (Wildman–Crippen MR) is 73.6 cm³/mol. The van der Waals surface area contributed by atoms with E-state index in [0.717, 1.165) is 4.90 Å². The fourth-order valence-electron chi connectivity index (χ4n) is 2.17. The first-order valence-electron chi connectivity index (χ1n) is 6.60. The zero-order chi connectivity index (χ0) is 15.4. The maximum Gasteiger partial charge on any atom is 0.331 e. The molecular weight excluding hydrogens is 276 g/mol. The lowest BCUT2D eigenvalue weighted by atomic mass is 10.0. The van der Waals surface area contributed by atoms with E-state index in [-0.39, 0.29) is 12.2 Å². The smallest absolute Gasteiger partial charge is 0.331 e. The molecule has 4 amide bonds. The van der Waals surface area contributed by atoms with E-state index < -0.39 is 23.8 Å². The number of urea groups is 1. The lowest BCUT2D eigenvalue weighted by Gasteiger charge is -2.34. The minimum Gasteiger partial charge on any atom is -0.379 e. The Morgan fingerprint density at radius 1 is 1.38 bits per heavy atom. The summed E-state index contributed by atoms with van der Waals surface area (Å²) in [5.74, 6) is -2.41. The molecule has 0 saturated carbocycles. The summed E-state index contributed by atoms with van der Waals surface area (Å²) in [6, 6.07) is -0.736. The molecule has 1 atom stereocenters. The summed E-state index contributed by atoms with van der Waals surface area (Å²) < 4.78 is 5.21. The van der Waals surface area contributed by atoms with Gasteiger partial charge in [-0.3, -0.25) is 19.8 Å². The molecule has 2 rings (SSSR count). The maximum atomic E-state index is 12.3. The zero-order valence-corrected chi connectivity index (χ0v) is 11.6. The summed E-state index contributed by atoms with van der Waals surface area (Å²) >= 11 is 0. The summed E-state index contributed by atoms with van der Waals surface area (Å²) in [5.41, 5.74) is 3.18. The molecule has 2 fully saturated rings. The van der Waals surface area contributed by atoms with Crippen molar-refractivity contribution in [1.29, 1.82) is 0 Å². The van der Waals surface area contributed by atoms with Gasteiger partial charge in [0.2, 0.25) is 11.8 Å². The number of nitrogens with zero attached hydrogens (tertiary/aromatic N) is 2. The fraction of sp³-hybridized carbons (Fsp3) is 0.462. The number of rotatable bonds is 5. The van der Waals surface area contributed by atoms with E-state index in [1.165, 1.54) is 6.08 Å². The highest BCUT2D eigenvalue weighted by molar-refractivity contribution is 6.17. The number of nitrogens with one attached hydrogen (secondary N) is 2. The minimum absolute atomic E-state index is 0.0410. The molecule has 2 N–H and O–H groups in total. The molecule has 2 aliphatic heterocycles. The van der Waals surface area contributed by atoms with Gasteiger partial charge in [-0.15, -0.1) is 6.58 Å². The third-order valence-electron chi connectivity index (χ3n) is 3.22. The Kier molecular flexibility index (Phi) is 4.71. The van der Waals surface area contributed by atoms with Gasteiger partial charge in [0, 0.05) is 25.3 Å². The van der Waals surface area contributed by atoms with Crippen molar-refractivity contribution in [2.45, 2.75) is 0 Å². The van der Waals surface area contributed by atoms with E-state index >= 15 is 0 Å². The van der Waals surface area contributed by atoms with E-state index in [0.29, 0.717) is 26.3 Å². The second-order valence-electron chi connectivity index (χ2n) is 4.70. The third kappa shape index (κ3) is 3.29. The van der Waals surface area contributed by atoms with Crippen molar-refractivity contribution in [3.63, 3.8) is 0 Å². The van der Waals surface area contributed by atoms with E-state index in [1.54, 1.807) is 0 Å². The van der Waals surface area contributed by atoms with E-state index in [2.05, 4.69) is 23.9 Å². The summed E-state index contributed by atoms with van der Waals surface area (Å²) in [6.07, 6.45) is 1.42. The maximum absolute atomic E-state index is 12.3. The van der Waals surface area contributed by atoms with Crippen LogP contribution in [0.3, 0.4) is 0 Å². The first kappa shape index (κ1) is 15.2. The minimum atomic E-state index is -1.13. The molecule has 0 unspecified atom stereocenters. The molecule has 21 heavy (non-hydrogen) atoms. The number of amides is 4. The molecule has 0 aromatic heterocycles. The molecule has 2 aliphatic rings. The standard InChI is InChI=1S/C13H18N4O4/c1-3-4-17-12(19)10(11(18)14-13(17)20)9(2)15-16-5-7-21-8-6-16/h3,10,15H,1-2,4-8H2,(H,14,18,20)/t10-/m0/s1. The number of ether oxygens (including phenoxy) is 1. The largest absolute Gasteiger partial charge is 0.379 e. The van der Waals surface area contributed by atoms with Crippen LogP contribution in [0.2, 0.25) is 0 Å². The summed E-state index contributed by atoms with van der Waals surface area (Å²) in [4.78, 5) is 36.7. The van der Waals surface area contributed by atoms with Crippen LogP contribution in [-0.2, 0) is 14.3 Å². The number of imide groups is 2. The SMILES string of the molecule is C=CCN1C(=O)NC(=O)[C@H](C(=C)NN2CCOCC2)C1=O. The predicted octanol–water partition coefficient (Wildman–Crippen LogP) is -0.782. The van der Waals surface area contributed by atoms with Crippen LogP contribution in [0.15, 0.2) is 24.9 Å². The molecular formula is C13H18N4O4. The molecule has 2 saturated heterocycles. The Balaban J connectivity index is 2.06. The Hall–Kier alpha value is -2.19. The van der Waals surface area contributed by atoms with Gasteiger partial charge in [-0.1, -0.05) is 12.7 Å². The van der Waals surface area contributed by atoms with Crippen molar-refractivity contribution < 1.29 is 19.1 Å². The lowest BCUT2D eigenvalue weighted by molar-refractivity contribution is -0.141. The Bertz CT molecular complexity index is 485. The molecule has 2 heterocycles. The van der Waals surface area contributed by atoms with Crippen LogP contribution in [0, 0.1) is 5.92 Å². The van der Waals surface area contributed by atoms with Crippen molar-refractivity contribution in [2.75, 3.05) is 32.8 Å². The number of hydrogen-bond acceptors (Lipinski definition) is 6. The second-order valence-corrected chi connectivity index (χ2v) is 4.70. The van der Waals surface area contributed by atoms with Gasteiger partial charge in [0.1, 0.15) is 0 Å². The average molecular weight is 294 g/mol. The second kappa shape index (κ2) is 6.51. The van der Waals surface area contributed by atoms with Crippen molar-refractivity contribution in [3.8, 4) is 0 Å². The van der Waals surface area contributed by atoms with Crippen molar-refractivity contribution in [2.24, 2.45) is 5.92 Å². The normalized spacial score (nSPS) is 23.7. The Morgan fingerprint density at radius 2 is 2.05 bits per heavy atom. The first-order valence-corrected chi connectivity index (χ1v) is 6.60. The molecule has 8 nitrogen and oxygen atoms in total. The van der Waals surface area contributed by atoms with Crippen LogP contribution in [-0.4, -0.2) is 60.6 Å². The number of carbonyl (C=O) groups is 3. The van der Waals surface area contributed by atoms with Crippen molar-refractivity contribution in [3.05, 3.63) is 24.9 Å². The lowest BCUT2D eigenvalue weighted by Crippen LogP contribution is -2.60. The van der Waals surface area contributed by atoms with Gasteiger partial charge >= 0.3 is 6.03 Å².